The third kappa shape index (κ3) is 26.3. The molecule has 0 heterocycles. The predicted molar refractivity (Wildman–Crippen MR) is 120 cm³/mol. The molecule has 0 aromatic heterocycles. The number of unbranched alkanes of at least 4 members (excludes halogenated alkanes) is 14. The van der Waals surface area contributed by atoms with Crippen molar-refractivity contribution in [2.45, 2.75) is 110 Å². The molecule has 0 aromatic rings. The van der Waals surface area contributed by atoms with Gasteiger partial charge in [0.05, 0.1) is 13.2 Å². The summed E-state index contributed by atoms with van der Waals surface area (Å²) in [6.45, 7) is 5.81. The maximum atomic E-state index is 5.64. The Labute approximate surface area is 171 Å². The summed E-state index contributed by atoms with van der Waals surface area (Å²) < 4.78 is 16.1. The summed E-state index contributed by atoms with van der Waals surface area (Å²) in [5.41, 5.74) is 5.32. The molecule has 0 fully saturated rings. The van der Waals surface area contributed by atoms with E-state index in [1.165, 1.54) is 96.3 Å². The fourth-order valence-corrected chi connectivity index (χ4v) is 3.61. The van der Waals surface area contributed by atoms with Crippen molar-refractivity contribution in [1.29, 1.82) is 0 Å². The smallest absolute Gasteiger partial charge is 0.155 e. The molecule has 0 spiro atoms. The maximum absolute atomic E-state index is 5.64. The minimum Gasteiger partial charge on any atom is -0.381 e. The van der Waals surface area contributed by atoms with E-state index < -0.39 is 0 Å². The topological polar surface area (TPSA) is 53.7 Å². The van der Waals surface area contributed by atoms with Gasteiger partial charge in [-0.25, -0.2) is 0 Å². The van der Waals surface area contributed by atoms with E-state index in [4.69, 9.17) is 19.5 Å². The lowest BCUT2D eigenvalue weighted by atomic mass is 10.0. The molecule has 0 saturated heterocycles. The highest BCUT2D eigenvalue weighted by Crippen LogP contribution is 2.14. The minimum absolute atomic E-state index is 0.114. The number of ether oxygens (including phenoxy) is 1. The van der Waals surface area contributed by atoms with Gasteiger partial charge < -0.3 is 19.5 Å². The first-order valence-electron chi connectivity index (χ1n) is 11.7. The highest BCUT2D eigenvalue weighted by atomic mass is 31.1. The van der Waals surface area contributed by atoms with Crippen molar-refractivity contribution < 1.29 is 13.8 Å². The Hall–Kier alpha value is 0.270. The summed E-state index contributed by atoms with van der Waals surface area (Å²) in [4.78, 5) is 0. The van der Waals surface area contributed by atoms with Crippen molar-refractivity contribution >= 4 is 9.03 Å². The van der Waals surface area contributed by atoms with Crippen molar-refractivity contribution in [3.63, 3.8) is 0 Å². The third-order valence-electron chi connectivity index (χ3n) is 4.77. The molecule has 27 heavy (non-hydrogen) atoms. The number of hydrogen-bond donors (Lipinski definition) is 1. The number of rotatable bonds is 24. The van der Waals surface area contributed by atoms with Gasteiger partial charge in [-0.05, 0) is 12.8 Å². The van der Waals surface area contributed by atoms with Gasteiger partial charge in [-0.2, -0.15) is 0 Å². The first-order chi connectivity index (χ1) is 13.4. The van der Waals surface area contributed by atoms with Crippen LogP contribution in [0.15, 0.2) is 0 Å². The lowest BCUT2D eigenvalue weighted by Gasteiger charge is -2.06. The molecule has 5 heteroatoms. The van der Waals surface area contributed by atoms with E-state index in [9.17, 15) is 0 Å². The highest BCUT2D eigenvalue weighted by Gasteiger charge is 1.95. The molecule has 0 bridgehead atoms. The van der Waals surface area contributed by atoms with Crippen molar-refractivity contribution in [3.8, 4) is 0 Å². The second-order valence-electron chi connectivity index (χ2n) is 7.48. The van der Waals surface area contributed by atoms with E-state index >= 15 is 0 Å². The average Bonchev–Trinajstić information content (AvgIpc) is 2.68. The largest absolute Gasteiger partial charge is 0.381 e. The minimum atomic E-state index is 0.114. The summed E-state index contributed by atoms with van der Waals surface area (Å²) in [6.07, 6.45) is 22.0. The molecule has 0 aromatic carbocycles. The van der Waals surface area contributed by atoms with E-state index in [0.29, 0.717) is 19.8 Å². The van der Waals surface area contributed by atoms with Crippen LogP contribution < -0.4 is 5.73 Å². The number of nitrogens with two attached hydrogens (primary N) is 1. The van der Waals surface area contributed by atoms with E-state index in [1.54, 1.807) is 0 Å². The monoisotopic (exact) mass is 405 g/mol. The Bertz CT molecular complexity index is 234. The Morgan fingerprint density at radius 1 is 0.519 bits per heavy atom. The third-order valence-corrected chi connectivity index (χ3v) is 5.41. The van der Waals surface area contributed by atoms with Crippen molar-refractivity contribution in [1.82, 2.24) is 0 Å². The molecule has 2 N–H and O–H groups in total. The normalized spacial score (nSPS) is 11.8. The van der Waals surface area contributed by atoms with Gasteiger partial charge in [-0.15, -0.1) is 0 Å². The van der Waals surface area contributed by atoms with E-state index in [1.807, 2.05) is 0 Å². The standard InChI is InChI=1S/C22H48NO3P/c1-2-3-4-5-6-7-8-9-10-11-12-13-14-15-16-19-24-20-17-21-25-27-26-22-18-23/h27H,2-23H2,1H3. The zero-order valence-corrected chi connectivity index (χ0v) is 19.2. The van der Waals surface area contributed by atoms with Crippen molar-refractivity contribution in [2.75, 3.05) is 33.0 Å². The molecule has 0 aliphatic carbocycles. The van der Waals surface area contributed by atoms with Crippen LogP contribution in [0.1, 0.15) is 110 Å². The van der Waals surface area contributed by atoms with Crippen LogP contribution in [0, 0.1) is 0 Å². The van der Waals surface area contributed by atoms with Gasteiger partial charge in [0.2, 0.25) is 0 Å². The Morgan fingerprint density at radius 3 is 1.48 bits per heavy atom. The molecule has 4 nitrogen and oxygen atoms in total. The fraction of sp³-hybridized carbons (Fsp3) is 1.00. The van der Waals surface area contributed by atoms with Crippen LogP contribution in [0.3, 0.4) is 0 Å². The van der Waals surface area contributed by atoms with E-state index in [0.717, 1.165) is 19.6 Å². The van der Waals surface area contributed by atoms with Crippen LogP contribution in [-0.4, -0.2) is 33.0 Å². The molecular weight excluding hydrogens is 357 g/mol. The van der Waals surface area contributed by atoms with Gasteiger partial charge >= 0.3 is 0 Å². The van der Waals surface area contributed by atoms with E-state index in [2.05, 4.69) is 6.92 Å². The predicted octanol–water partition coefficient (Wildman–Crippen LogP) is 6.76. The maximum Gasteiger partial charge on any atom is 0.155 e. The van der Waals surface area contributed by atoms with Gasteiger partial charge in [0.25, 0.3) is 0 Å². The molecular formula is C22H48NO3P. The van der Waals surface area contributed by atoms with Gasteiger partial charge in [0.1, 0.15) is 0 Å². The molecule has 0 aliphatic rings. The number of hydrogen-bond acceptors (Lipinski definition) is 4. The quantitative estimate of drug-likeness (QED) is 0.142. The molecule has 1 atom stereocenters. The summed E-state index contributed by atoms with van der Waals surface area (Å²) in [7, 11) is 0.114. The lowest BCUT2D eigenvalue weighted by molar-refractivity contribution is 0.116. The second kappa shape index (κ2) is 26.3. The van der Waals surface area contributed by atoms with Gasteiger partial charge in [-0.1, -0.05) is 96.8 Å². The molecule has 1 unspecified atom stereocenters. The summed E-state index contributed by atoms with van der Waals surface area (Å²) in [5.74, 6) is 0. The SMILES string of the molecule is CCCCCCCCCCCCCCCCCOCCCOPOCCN. The Morgan fingerprint density at radius 2 is 0.963 bits per heavy atom. The van der Waals surface area contributed by atoms with Gasteiger partial charge in [0, 0.05) is 19.8 Å². The van der Waals surface area contributed by atoms with Crippen LogP contribution >= 0.6 is 9.03 Å². The van der Waals surface area contributed by atoms with Gasteiger partial charge in [-0.3, -0.25) is 0 Å². The van der Waals surface area contributed by atoms with Crippen LogP contribution in [-0.2, 0) is 13.8 Å². The second-order valence-corrected chi connectivity index (χ2v) is 8.23. The zero-order chi connectivity index (χ0) is 19.7. The summed E-state index contributed by atoms with van der Waals surface area (Å²) >= 11 is 0. The Kier molecular flexibility index (Phi) is 26.5. The van der Waals surface area contributed by atoms with E-state index in [-0.39, 0.29) is 9.03 Å². The first-order valence-corrected chi connectivity index (χ1v) is 12.5. The molecule has 0 aliphatic heterocycles. The highest BCUT2D eigenvalue weighted by molar-refractivity contribution is 7.26. The molecule has 0 rings (SSSR count). The van der Waals surface area contributed by atoms with Crippen LogP contribution in [0.2, 0.25) is 0 Å². The lowest BCUT2D eigenvalue weighted by Crippen LogP contribution is -2.05. The molecule has 0 amide bonds. The van der Waals surface area contributed by atoms with Crippen LogP contribution in [0.4, 0.5) is 0 Å². The van der Waals surface area contributed by atoms with Crippen LogP contribution in [0.25, 0.3) is 0 Å². The Balaban J connectivity index is 2.95. The average molecular weight is 406 g/mol. The zero-order valence-electron chi connectivity index (χ0n) is 18.2. The molecule has 164 valence electrons. The van der Waals surface area contributed by atoms with Crippen LogP contribution in [0.5, 0.6) is 0 Å². The van der Waals surface area contributed by atoms with Crippen molar-refractivity contribution in [3.05, 3.63) is 0 Å². The first kappa shape index (κ1) is 27.3. The summed E-state index contributed by atoms with van der Waals surface area (Å²) in [5, 5.41) is 0. The molecule has 0 radical (unpaired) electrons. The van der Waals surface area contributed by atoms with Crippen molar-refractivity contribution in [2.24, 2.45) is 5.73 Å². The fourth-order valence-electron chi connectivity index (χ4n) is 3.09. The van der Waals surface area contributed by atoms with Gasteiger partial charge in [0.15, 0.2) is 9.03 Å². The summed E-state index contributed by atoms with van der Waals surface area (Å²) in [6, 6.07) is 0. The molecule has 0 saturated carbocycles.